The number of carbonyl (C=O) groups is 1. The minimum atomic E-state index is -0.0675. The number of anilines is 1. The van der Waals surface area contributed by atoms with E-state index in [0.29, 0.717) is 23.9 Å². The van der Waals surface area contributed by atoms with Gasteiger partial charge in [-0.25, -0.2) is 0 Å². The van der Waals surface area contributed by atoms with E-state index in [9.17, 15) is 9.59 Å². The number of hydrogen-bond donors (Lipinski definition) is 0. The maximum absolute atomic E-state index is 13.8. The van der Waals surface area contributed by atoms with Gasteiger partial charge in [-0.3, -0.25) is 18.6 Å². The third-order valence-electron chi connectivity index (χ3n) is 6.98. The Morgan fingerprint density at radius 1 is 1.03 bits per heavy atom. The molecule has 0 radical (unpaired) electrons. The molecule has 37 heavy (non-hydrogen) atoms. The zero-order valence-corrected chi connectivity index (χ0v) is 22.2. The summed E-state index contributed by atoms with van der Waals surface area (Å²) in [6, 6.07) is 19.8. The second kappa shape index (κ2) is 10.1. The number of fused-ring (bicyclic) bond motifs is 5. The zero-order chi connectivity index (χ0) is 25.4. The highest BCUT2D eigenvalue weighted by Crippen LogP contribution is 2.35. The molecule has 2 aromatic carbocycles. The summed E-state index contributed by atoms with van der Waals surface area (Å²) in [5.41, 5.74) is 3.22. The minimum absolute atomic E-state index is 0.0179. The first-order valence-corrected chi connectivity index (χ1v) is 14.3. The summed E-state index contributed by atoms with van der Waals surface area (Å²) in [5, 5.41) is 9.69. The van der Waals surface area contributed by atoms with Gasteiger partial charge in [-0.1, -0.05) is 60.3 Å². The molecule has 3 aromatic heterocycles. The van der Waals surface area contributed by atoms with Crippen LogP contribution in [0, 0.1) is 0 Å². The van der Waals surface area contributed by atoms with E-state index in [1.165, 1.54) is 27.8 Å². The molecule has 9 heteroatoms. The molecule has 0 saturated heterocycles. The van der Waals surface area contributed by atoms with Gasteiger partial charge in [0.05, 0.1) is 11.1 Å². The molecular formula is C28H27N5O2S2. The molecule has 188 valence electrons. The van der Waals surface area contributed by atoms with Crippen molar-refractivity contribution in [3.05, 3.63) is 92.8 Å². The topological polar surface area (TPSA) is 72.5 Å². The van der Waals surface area contributed by atoms with Crippen LogP contribution in [0.3, 0.4) is 0 Å². The summed E-state index contributed by atoms with van der Waals surface area (Å²) in [5.74, 6) is 1.60. The molecule has 1 aliphatic carbocycles. The molecule has 6 rings (SSSR count). The van der Waals surface area contributed by atoms with Crippen molar-refractivity contribution in [1.29, 1.82) is 0 Å². The van der Waals surface area contributed by atoms with Gasteiger partial charge in [-0.2, -0.15) is 0 Å². The molecule has 0 N–H and O–H groups in total. The lowest BCUT2D eigenvalue weighted by molar-refractivity contribution is 0.266. The summed E-state index contributed by atoms with van der Waals surface area (Å²) >= 11 is 2.88. The number of hydrogen-bond acceptors (Lipinski definition) is 6. The van der Waals surface area contributed by atoms with Crippen LogP contribution in [0.5, 0.6) is 0 Å². The van der Waals surface area contributed by atoms with E-state index in [2.05, 4.69) is 22.3 Å². The van der Waals surface area contributed by atoms with E-state index in [0.717, 1.165) is 48.0 Å². The predicted octanol–water partition coefficient (Wildman–Crippen LogP) is 5.72. The van der Waals surface area contributed by atoms with E-state index in [1.54, 1.807) is 27.9 Å². The fourth-order valence-electron chi connectivity index (χ4n) is 5.01. The first-order valence-electron chi connectivity index (χ1n) is 12.5. The molecule has 5 aromatic rings. The monoisotopic (exact) mass is 529 g/mol. The van der Waals surface area contributed by atoms with Gasteiger partial charge in [0, 0.05) is 24.2 Å². The second-order valence-corrected chi connectivity index (χ2v) is 11.3. The van der Waals surface area contributed by atoms with Crippen molar-refractivity contribution in [1.82, 2.24) is 19.2 Å². The SMILES string of the molecule is CN(C(=O)SCc1nnc2n(CCc3ccccc3)c(=O)c3c4c(sc3n12)CCCC4)c1ccccc1. The number of rotatable bonds is 6. The zero-order valence-electron chi connectivity index (χ0n) is 20.6. The number of thiophene rings is 1. The lowest BCUT2D eigenvalue weighted by Crippen LogP contribution is -2.25. The molecule has 0 bridgehead atoms. The minimum Gasteiger partial charge on any atom is -0.306 e. The van der Waals surface area contributed by atoms with E-state index in [4.69, 9.17) is 0 Å². The Morgan fingerprint density at radius 3 is 2.54 bits per heavy atom. The van der Waals surface area contributed by atoms with Gasteiger partial charge in [0.2, 0.25) is 5.78 Å². The molecule has 1 aliphatic rings. The maximum Gasteiger partial charge on any atom is 0.286 e. The van der Waals surface area contributed by atoms with Crippen molar-refractivity contribution in [2.45, 2.75) is 44.4 Å². The Kier molecular flexibility index (Phi) is 6.56. The fraction of sp³-hybridized carbons (Fsp3) is 0.286. The van der Waals surface area contributed by atoms with Gasteiger partial charge in [0.25, 0.3) is 10.8 Å². The third kappa shape index (κ3) is 4.46. The number of nitrogens with zero attached hydrogens (tertiary/aromatic N) is 5. The smallest absolute Gasteiger partial charge is 0.286 e. The standard InChI is InChI=1S/C28H27N5O2S2/c1-31(20-12-6-3-7-13-20)28(35)36-18-23-29-30-27-32(17-16-19-10-4-2-5-11-19)25(34)24-21-14-8-9-15-22(21)37-26(24)33(23)27/h2-7,10-13H,8-9,14-18H2,1H3. The molecule has 0 unspecified atom stereocenters. The summed E-state index contributed by atoms with van der Waals surface area (Å²) < 4.78 is 3.80. The molecule has 3 heterocycles. The first kappa shape index (κ1) is 23.9. The first-order chi connectivity index (χ1) is 18.1. The van der Waals surface area contributed by atoms with Gasteiger partial charge < -0.3 is 4.90 Å². The average molecular weight is 530 g/mol. The van der Waals surface area contributed by atoms with E-state index in [1.807, 2.05) is 52.9 Å². The summed E-state index contributed by atoms with van der Waals surface area (Å²) in [6.07, 6.45) is 4.92. The number of aromatic nitrogens is 4. The van der Waals surface area contributed by atoms with Gasteiger partial charge >= 0.3 is 0 Å². The number of thioether (sulfide) groups is 1. The molecule has 0 atom stereocenters. The van der Waals surface area contributed by atoms with Gasteiger partial charge in [0.1, 0.15) is 10.7 Å². The molecule has 1 amide bonds. The number of benzene rings is 2. The van der Waals surface area contributed by atoms with E-state index in [-0.39, 0.29) is 10.8 Å². The second-order valence-electron chi connectivity index (χ2n) is 9.28. The van der Waals surface area contributed by atoms with Crippen molar-refractivity contribution in [2.24, 2.45) is 0 Å². The van der Waals surface area contributed by atoms with Crippen LogP contribution in [0.25, 0.3) is 16.0 Å². The van der Waals surface area contributed by atoms with Crippen LogP contribution in [0.2, 0.25) is 0 Å². The van der Waals surface area contributed by atoms with Crippen LogP contribution in [-0.4, -0.2) is 31.5 Å². The van der Waals surface area contributed by atoms with Crippen molar-refractivity contribution in [2.75, 3.05) is 11.9 Å². The lowest BCUT2D eigenvalue weighted by atomic mass is 9.97. The van der Waals surface area contributed by atoms with Gasteiger partial charge in [-0.15, -0.1) is 21.5 Å². The highest BCUT2D eigenvalue weighted by molar-refractivity contribution is 8.13. The Hall–Kier alpha value is -3.43. The molecule has 0 saturated carbocycles. The normalized spacial score (nSPS) is 13.2. The average Bonchev–Trinajstić information content (AvgIpc) is 3.54. The van der Waals surface area contributed by atoms with Crippen molar-refractivity contribution in [3.8, 4) is 0 Å². The summed E-state index contributed by atoms with van der Waals surface area (Å²) in [6.45, 7) is 0.522. The Morgan fingerprint density at radius 2 is 1.76 bits per heavy atom. The molecule has 7 nitrogen and oxygen atoms in total. The Bertz CT molecular complexity index is 1640. The Balaban J connectivity index is 1.39. The van der Waals surface area contributed by atoms with Crippen LogP contribution in [0.1, 0.15) is 34.7 Å². The molecule has 0 aliphatic heterocycles. The van der Waals surface area contributed by atoms with Gasteiger partial charge in [0.15, 0.2) is 0 Å². The van der Waals surface area contributed by atoms with Crippen LogP contribution >= 0.6 is 23.1 Å². The number of amides is 1. The van der Waals surface area contributed by atoms with Crippen LogP contribution in [0.4, 0.5) is 10.5 Å². The van der Waals surface area contributed by atoms with Crippen LogP contribution in [0.15, 0.2) is 65.5 Å². The third-order valence-corrected chi connectivity index (χ3v) is 9.18. The summed E-state index contributed by atoms with van der Waals surface area (Å²) in [7, 11) is 1.78. The molecular weight excluding hydrogens is 502 g/mol. The highest BCUT2D eigenvalue weighted by atomic mass is 32.2. The largest absolute Gasteiger partial charge is 0.306 e. The molecule has 0 spiro atoms. The van der Waals surface area contributed by atoms with Crippen molar-refractivity contribution >= 4 is 50.0 Å². The predicted molar refractivity (Wildman–Crippen MR) is 151 cm³/mol. The maximum atomic E-state index is 13.8. The van der Waals surface area contributed by atoms with E-state index >= 15 is 0 Å². The molecule has 0 fully saturated rings. The summed E-state index contributed by atoms with van der Waals surface area (Å²) in [4.78, 5) is 30.6. The van der Waals surface area contributed by atoms with Crippen molar-refractivity contribution < 1.29 is 4.79 Å². The highest BCUT2D eigenvalue weighted by Gasteiger charge is 2.25. The lowest BCUT2D eigenvalue weighted by Gasteiger charge is -2.16. The van der Waals surface area contributed by atoms with Crippen LogP contribution in [-0.2, 0) is 31.6 Å². The van der Waals surface area contributed by atoms with E-state index < -0.39 is 0 Å². The van der Waals surface area contributed by atoms with Crippen molar-refractivity contribution in [3.63, 3.8) is 0 Å². The Labute approximate surface area is 222 Å². The quantitative estimate of drug-likeness (QED) is 0.281. The van der Waals surface area contributed by atoms with Gasteiger partial charge in [-0.05, 0) is 55.4 Å². The van der Waals surface area contributed by atoms with Crippen LogP contribution < -0.4 is 10.5 Å². The number of aryl methyl sites for hydroxylation is 4. The number of para-hydroxylation sites is 1. The number of carbonyl (C=O) groups excluding carboxylic acids is 1. The fourth-order valence-corrected chi connectivity index (χ4v) is 7.14.